The van der Waals surface area contributed by atoms with E-state index in [1.54, 1.807) is 31.4 Å². The molecule has 0 aliphatic heterocycles. The number of hydrogen-bond donors (Lipinski definition) is 2. The van der Waals surface area contributed by atoms with Crippen molar-refractivity contribution < 1.29 is 9.53 Å². The Morgan fingerprint density at radius 1 is 1.14 bits per heavy atom. The molecule has 2 N–H and O–H groups in total. The lowest BCUT2D eigenvalue weighted by Crippen LogP contribution is -2.34. The van der Waals surface area contributed by atoms with Crippen LogP contribution in [0.1, 0.15) is 10.4 Å². The van der Waals surface area contributed by atoms with Gasteiger partial charge >= 0.3 is 0 Å². The number of halogens is 2. The first kappa shape index (κ1) is 16.5. The van der Waals surface area contributed by atoms with Crippen LogP contribution in [-0.4, -0.2) is 18.1 Å². The molecule has 2 rings (SSSR count). The highest BCUT2D eigenvalue weighted by Gasteiger charge is 2.10. The Balaban J connectivity index is 2.01. The van der Waals surface area contributed by atoms with Crippen molar-refractivity contribution in [3.63, 3.8) is 0 Å². The standard InChI is InChI=1S/C15H12Cl2N2O2S/c1-21-11-4-2-3-10(8-11)18-15(22)19-14(20)9-5-6-12(16)13(17)7-9/h2-8H,1H3,(H2,18,19,20,22). The molecule has 0 fully saturated rings. The van der Waals surface area contributed by atoms with Gasteiger partial charge in [0.05, 0.1) is 17.2 Å². The van der Waals surface area contributed by atoms with E-state index in [-0.39, 0.29) is 11.0 Å². The summed E-state index contributed by atoms with van der Waals surface area (Å²) < 4.78 is 5.11. The molecule has 0 atom stereocenters. The zero-order chi connectivity index (χ0) is 16.1. The number of carbonyl (C=O) groups is 1. The van der Waals surface area contributed by atoms with Gasteiger partial charge in [-0.15, -0.1) is 0 Å². The Labute approximate surface area is 143 Å². The summed E-state index contributed by atoms with van der Waals surface area (Å²) in [4.78, 5) is 12.1. The molecule has 1 amide bonds. The number of methoxy groups -OCH3 is 1. The molecular weight excluding hydrogens is 343 g/mol. The van der Waals surface area contributed by atoms with E-state index in [2.05, 4.69) is 10.6 Å². The van der Waals surface area contributed by atoms with Crippen molar-refractivity contribution in [3.8, 4) is 5.75 Å². The molecule has 0 radical (unpaired) electrons. The van der Waals surface area contributed by atoms with Gasteiger partial charge in [0.15, 0.2) is 5.11 Å². The number of thiocarbonyl (C=S) groups is 1. The van der Waals surface area contributed by atoms with E-state index in [1.807, 2.05) is 12.1 Å². The van der Waals surface area contributed by atoms with Crippen molar-refractivity contribution >= 4 is 52.1 Å². The van der Waals surface area contributed by atoms with E-state index < -0.39 is 0 Å². The van der Waals surface area contributed by atoms with Crippen LogP contribution in [0.3, 0.4) is 0 Å². The SMILES string of the molecule is COc1cccc(NC(=S)NC(=O)c2ccc(Cl)c(Cl)c2)c1. The number of carbonyl (C=O) groups excluding carboxylic acids is 1. The van der Waals surface area contributed by atoms with Crippen LogP contribution in [0, 0.1) is 0 Å². The van der Waals surface area contributed by atoms with Crippen molar-refractivity contribution in [3.05, 3.63) is 58.1 Å². The summed E-state index contributed by atoms with van der Waals surface area (Å²) in [6, 6.07) is 11.8. The first-order valence-electron chi connectivity index (χ1n) is 6.21. The van der Waals surface area contributed by atoms with Crippen LogP contribution in [0.25, 0.3) is 0 Å². The van der Waals surface area contributed by atoms with Crippen LogP contribution < -0.4 is 15.4 Å². The number of rotatable bonds is 3. The molecule has 0 spiro atoms. The zero-order valence-electron chi connectivity index (χ0n) is 11.5. The maximum Gasteiger partial charge on any atom is 0.257 e. The number of benzene rings is 2. The molecule has 7 heteroatoms. The number of hydrogen-bond acceptors (Lipinski definition) is 3. The Morgan fingerprint density at radius 3 is 2.59 bits per heavy atom. The van der Waals surface area contributed by atoms with Crippen molar-refractivity contribution in [2.45, 2.75) is 0 Å². The third-order valence-corrected chi connectivity index (χ3v) is 3.68. The van der Waals surface area contributed by atoms with Crippen molar-refractivity contribution in [1.82, 2.24) is 5.32 Å². The van der Waals surface area contributed by atoms with Gasteiger partial charge in [0.25, 0.3) is 5.91 Å². The van der Waals surface area contributed by atoms with E-state index in [0.29, 0.717) is 27.0 Å². The maximum absolute atomic E-state index is 12.1. The molecule has 2 aromatic rings. The molecule has 22 heavy (non-hydrogen) atoms. The summed E-state index contributed by atoms with van der Waals surface area (Å²) in [5.74, 6) is 0.308. The number of anilines is 1. The molecule has 0 unspecified atom stereocenters. The van der Waals surface area contributed by atoms with Gasteiger partial charge in [0, 0.05) is 17.3 Å². The van der Waals surface area contributed by atoms with Gasteiger partial charge in [-0.05, 0) is 42.5 Å². The Morgan fingerprint density at radius 2 is 1.91 bits per heavy atom. The first-order valence-corrected chi connectivity index (χ1v) is 7.37. The molecule has 0 bridgehead atoms. The third kappa shape index (κ3) is 4.34. The second-order valence-corrected chi connectivity index (χ2v) is 5.49. The highest BCUT2D eigenvalue weighted by molar-refractivity contribution is 7.80. The lowest BCUT2D eigenvalue weighted by Gasteiger charge is -2.10. The molecular formula is C15H12Cl2N2O2S. The fourth-order valence-corrected chi connectivity index (χ4v) is 2.18. The summed E-state index contributed by atoms with van der Waals surface area (Å²) in [6.45, 7) is 0. The van der Waals surface area contributed by atoms with Gasteiger partial charge in [0.2, 0.25) is 0 Å². The van der Waals surface area contributed by atoms with Gasteiger partial charge in [-0.2, -0.15) is 0 Å². The highest BCUT2D eigenvalue weighted by atomic mass is 35.5. The summed E-state index contributed by atoms with van der Waals surface area (Å²) in [5.41, 5.74) is 1.07. The molecule has 2 aromatic carbocycles. The topological polar surface area (TPSA) is 50.4 Å². The minimum absolute atomic E-state index is 0.171. The predicted molar refractivity (Wildman–Crippen MR) is 93.1 cm³/mol. The second-order valence-electron chi connectivity index (χ2n) is 4.27. The van der Waals surface area contributed by atoms with Crippen LogP contribution in [0.2, 0.25) is 10.0 Å². The fraction of sp³-hybridized carbons (Fsp3) is 0.0667. The number of nitrogens with one attached hydrogen (secondary N) is 2. The van der Waals surface area contributed by atoms with Crippen molar-refractivity contribution in [2.24, 2.45) is 0 Å². The van der Waals surface area contributed by atoms with Gasteiger partial charge < -0.3 is 10.1 Å². The summed E-state index contributed by atoms with van der Waals surface area (Å²) in [6.07, 6.45) is 0. The van der Waals surface area contributed by atoms with Crippen molar-refractivity contribution in [1.29, 1.82) is 0 Å². The number of amides is 1. The fourth-order valence-electron chi connectivity index (χ4n) is 1.68. The minimum Gasteiger partial charge on any atom is -0.497 e. The summed E-state index contributed by atoms with van der Waals surface area (Å²) in [7, 11) is 1.57. The van der Waals surface area contributed by atoms with Crippen LogP contribution in [0.15, 0.2) is 42.5 Å². The van der Waals surface area contributed by atoms with Crippen molar-refractivity contribution in [2.75, 3.05) is 12.4 Å². The largest absolute Gasteiger partial charge is 0.497 e. The minimum atomic E-state index is -0.376. The predicted octanol–water partition coefficient (Wildman–Crippen LogP) is 4.13. The smallest absolute Gasteiger partial charge is 0.257 e. The van der Waals surface area contributed by atoms with Crippen LogP contribution in [0.5, 0.6) is 5.75 Å². The molecule has 0 aromatic heterocycles. The normalized spacial score (nSPS) is 9.95. The molecule has 4 nitrogen and oxygen atoms in total. The summed E-state index contributed by atoms with van der Waals surface area (Å²) >= 11 is 16.8. The molecule has 0 heterocycles. The zero-order valence-corrected chi connectivity index (χ0v) is 13.9. The van der Waals surface area contributed by atoms with Crippen LogP contribution >= 0.6 is 35.4 Å². The molecule has 0 aliphatic carbocycles. The molecule has 0 saturated carbocycles. The second kappa shape index (κ2) is 7.45. The van der Waals surface area contributed by atoms with Crippen LogP contribution in [0.4, 0.5) is 5.69 Å². The average Bonchev–Trinajstić information content (AvgIpc) is 2.50. The van der Waals surface area contributed by atoms with E-state index in [1.165, 1.54) is 6.07 Å². The van der Waals surface area contributed by atoms with Gasteiger partial charge in [0.1, 0.15) is 5.75 Å². The van der Waals surface area contributed by atoms with E-state index in [4.69, 9.17) is 40.2 Å². The van der Waals surface area contributed by atoms with E-state index in [9.17, 15) is 4.79 Å². The molecule has 0 saturated heterocycles. The Hall–Kier alpha value is -1.82. The van der Waals surface area contributed by atoms with Gasteiger partial charge in [-0.1, -0.05) is 29.3 Å². The monoisotopic (exact) mass is 354 g/mol. The molecule has 0 aliphatic rings. The van der Waals surface area contributed by atoms with Gasteiger partial charge in [-0.3, -0.25) is 10.1 Å². The quantitative estimate of drug-likeness (QED) is 0.813. The average molecular weight is 355 g/mol. The van der Waals surface area contributed by atoms with Crippen LogP contribution in [-0.2, 0) is 0 Å². The Kier molecular flexibility index (Phi) is 5.60. The lowest BCUT2D eigenvalue weighted by atomic mass is 10.2. The van der Waals surface area contributed by atoms with E-state index in [0.717, 1.165) is 0 Å². The molecule has 114 valence electrons. The first-order chi connectivity index (χ1) is 10.5. The van der Waals surface area contributed by atoms with Gasteiger partial charge in [-0.25, -0.2) is 0 Å². The number of ether oxygens (including phenoxy) is 1. The van der Waals surface area contributed by atoms with E-state index >= 15 is 0 Å². The summed E-state index contributed by atoms with van der Waals surface area (Å²) in [5, 5.41) is 6.33. The third-order valence-electron chi connectivity index (χ3n) is 2.74. The Bertz CT molecular complexity index is 722. The lowest BCUT2D eigenvalue weighted by molar-refractivity contribution is 0.0978. The maximum atomic E-state index is 12.1. The highest BCUT2D eigenvalue weighted by Crippen LogP contribution is 2.22.